The number of hydrogen-bond acceptors (Lipinski definition) is 6. The molecule has 0 aliphatic carbocycles. The highest BCUT2D eigenvalue weighted by Gasteiger charge is 2.16. The van der Waals surface area contributed by atoms with Gasteiger partial charge in [0.15, 0.2) is 5.75 Å². The van der Waals surface area contributed by atoms with E-state index in [9.17, 15) is 19.3 Å². The fourth-order valence-corrected chi connectivity index (χ4v) is 3.65. The van der Waals surface area contributed by atoms with E-state index in [-0.39, 0.29) is 29.4 Å². The van der Waals surface area contributed by atoms with Gasteiger partial charge in [-0.2, -0.15) is 9.78 Å². The van der Waals surface area contributed by atoms with Crippen LogP contribution in [0.5, 0.6) is 5.75 Å². The molecule has 1 aromatic heterocycles. The minimum atomic E-state index is -0.559. The number of aromatic nitrogens is 2. The molecule has 10 heteroatoms. The van der Waals surface area contributed by atoms with E-state index >= 15 is 0 Å². The summed E-state index contributed by atoms with van der Waals surface area (Å²) in [4.78, 5) is 28.5. The Hall–Kier alpha value is -3.92. The summed E-state index contributed by atoms with van der Waals surface area (Å²) in [6.07, 6.45) is 1.83. The maximum absolute atomic E-state index is 13.1. The molecule has 0 unspecified atom stereocenters. The van der Waals surface area contributed by atoms with Gasteiger partial charge in [0, 0.05) is 22.5 Å². The predicted molar refractivity (Wildman–Crippen MR) is 130 cm³/mol. The van der Waals surface area contributed by atoms with Crippen LogP contribution in [0.2, 0.25) is 0 Å². The zero-order chi connectivity index (χ0) is 24.2. The molecule has 0 radical (unpaired) electrons. The highest BCUT2D eigenvalue weighted by atomic mass is 79.9. The summed E-state index contributed by atoms with van der Waals surface area (Å²) in [5, 5.41) is 16.3. The maximum atomic E-state index is 13.1. The third-order valence-corrected chi connectivity index (χ3v) is 5.49. The maximum Gasteiger partial charge on any atom is 0.311 e. The smallest absolute Gasteiger partial charge is 0.311 e. The molecule has 0 bridgehead atoms. The molecule has 1 heterocycles. The van der Waals surface area contributed by atoms with Crippen molar-refractivity contribution in [3.63, 3.8) is 0 Å². The summed E-state index contributed by atoms with van der Waals surface area (Å²) in [5.41, 5.74) is 1.05. The molecule has 0 aliphatic rings. The van der Waals surface area contributed by atoms with E-state index in [4.69, 9.17) is 4.74 Å². The normalized spacial score (nSPS) is 11.3. The largest absolute Gasteiger partial charge is 0.482 e. The summed E-state index contributed by atoms with van der Waals surface area (Å²) in [6.45, 7) is 1.90. The first-order valence-electron chi connectivity index (χ1n) is 10.3. The van der Waals surface area contributed by atoms with E-state index < -0.39 is 4.92 Å². The van der Waals surface area contributed by atoms with Crippen molar-refractivity contribution in [3.05, 3.63) is 108 Å². The predicted octanol–water partition coefficient (Wildman–Crippen LogP) is 5.23. The van der Waals surface area contributed by atoms with Crippen molar-refractivity contribution in [2.45, 2.75) is 20.0 Å². The Morgan fingerprint density at radius 1 is 1.18 bits per heavy atom. The third kappa shape index (κ3) is 5.01. The van der Waals surface area contributed by atoms with Crippen LogP contribution in [0.15, 0.2) is 75.0 Å². The van der Waals surface area contributed by atoms with Crippen LogP contribution in [0.25, 0.3) is 10.9 Å². The SMILES string of the molecule is CCc1nc2ccc(Br)cc2c(=O)n1N=Cc1ccc(OCc2ccc(F)cc2)c([N+](=O)[O-])c1. The van der Waals surface area contributed by atoms with Crippen LogP contribution < -0.4 is 10.3 Å². The monoisotopic (exact) mass is 524 g/mol. The lowest BCUT2D eigenvalue weighted by molar-refractivity contribution is -0.385. The number of fused-ring (bicyclic) bond motifs is 1. The molecule has 4 aromatic rings. The zero-order valence-corrected chi connectivity index (χ0v) is 19.5. The number of nitrogens with zero attached hydrogens (tertiary/aromatic N) is 4. The standard InChI is InChI=1S/C24H18BrFN4O4/c1-2-23-28-20-9-6-17(25)12-19(20)24(31)29(23)27-13-16-5-10-22(21(11-16)30(32)33)34-14-15-3-7-18(26)8-4-15/h3-13H,2,14H2,1H3. The summed E-state index contributed by atoms with van der Waals surface area (Å²) in [5.74, 6) is 0.151. The first-order valence-corrected chi connectivity index (χ1v) is 11.1. The van der Waals surface area contributed by atoms with Crippen LogP contribution in [-0.2, 0) is 13.0 Å². The lowest BCUT2D eigenvalue weighted by Crippen LogP contribution is -2.22. The van der Waals surface area contributed by atoms with Gasteiger partial charge in [-0.1, -0.05) is 35.0 Å². The van der Waals surface area contributed by atoms with Crippen molar-refractivity contribution in [1.29, 1.82) is 0 Å². The van der Waals surface area contributed by atoms with Gasteiger partial charge >= 0.3 is 5.69 Å². The second kappa shape index (κ2) is 9.92. The van der Waals surface area contributed by atoms with Crippen LogP contribution in [0.3, 0.4) is 0 Å². The van der Waals surface area contributed by atoms with E-state index in [2.05, 4.69) is 26.0 Å². The summed E-state index contributed by atoms with van der Waals surface area (Å²) in [6, 6.07) is 15.3. The van der Waals surface area contributed by atoms with Gasteiger partial charge in [0.25, 0.3) is 5.56 Å². The summed E-state index contributed by atoms with van der Waals surface area (Å²) in [7, 11) is 0. The molecule has 0 amide bonds. The fourth-order valence-electron chi connectivity index (χ4n) is 3.29. The van der Waals surface area contributed by atoms with Crippen molar-refractivity contribution in [2.24, 2.45) is 5.10 Å². The number of nitro benzene ring substituents is 1. The van der Waals surface area contributed by atoms with Gasteiger partial charge in [0.2, 0.25) is 0 Å². The first kappa shape index (κ1) is 23.2. The average molecular weight is 525 g/mol. The zero-order valence-electron chi connectivity index (χ0n) is 17.9. The quantitative estimate of drug-likeness (QED) is 0.187. The van der Waals surface area contributed by atoms with Gasteiger partial charge in [-0.05, 0) is 48.0 Å². The van der Waals surface area contributed by atoms with Crippen LogP contribution in [0.4, 0.5) is 10.1 Å². The Kier molecular flexibility index (Phi) is 6.78. The average Bonchev–Trinajstić information content (AvgIpc) is 2.83. The molecule has 0 saturated heterocycles. The third-order valence-electron chi connectivity index (χ3n) is 5.00. The van der Waals surface area contributed by atoms with Crippen LogP contribution >= 0.6 is 15.9 Å². The van der Waals surface area contributed by atoms with E-state index in [0.29, 0.717) is 34.3 Å². The van der Waals surface area contributed by atoms with Crippen molar-refractivity contribution in [2.75, 3.05) is 0 Å². The van der Waals surface area contributed by atoms with Crippen LogP contribution in [0, 0.1) is 15.9 Å². The topological polar surface area (TPSA) is 99.6 Å². The molecule has 34 heavy (non-hydrogen) atoms. The minimum absolute atomic E-state index is 0.0438. The number of aryl methyl sites for hydroxylation is 1. The van der Waals surface area contributed by atoms with Crippen LogP contribution in [0.1, 0.15) is 23.9 Å². The van der Waals surface area contributed by atoms with Crippen molar-refractivity contribution in [3.8, 4) is 5.75 Å². The Morgan fingerprint density at radius 3 is 2.65 bits per heavy atom. The first-order chi connectivity index (χ1) is 16.4. The molecule has 0 fully saturated rings. The number of rotatable bonds is 7. The van der Waals surface area contributed by atoms with Crippen molar-refractivity contribution in [1.82, 2.24) is 9.66 Å². The highest BCUT2D eigenvalue weighted by molar-refractivity contribution is 9.10. The molecule has 0 spiro atoms. The molecule has 0 saturated carbocycles. The summed E-state index contributed by atoms with van der Waals surface area (Å²) < 4.78 is 20.6. The van der Waals surface area contributed by atoms with Gasteiger partial charge < -0.3 is 4.74 Å². The number of benzene rings is 3. The second-order valence-electron chi connectivity index (χ2n) is 7.30. The lowest BCUT2D eigenvalue weighted by atomic mass is 10.2. The fraction of sp³-hybridized carbons (Fsp3) is 0.125. The summed E-state index contributed by atoms with van der Waals surface area (Å²) >= 11 is 3.35. The molecule has 0 N–H and O–H groups in total. The molecular weight excluding hydrogens is 507 g/mol. The van der Waals surface area contributed by atoms with Gasteiger partial charge in [-0.25, -0.2) is 9.37 Å². The van der Waals surface area contributed by atoms with Gasteiger partial charge in [0.05, 0.1) is 22.0 Å². The molecule has 172 valence electrons. The Morgan fingerprint density at radius 2 is 1.94 bits per heavy atom. The molecule has 8 nitrogen and oxygen atoms in total. The van der Waals surface area contributed by atoms with Gasteiger partial charge in [-0.3, -0.25) is 14.9 Å². The number of halogens is 2. The Bertz CT molecular complexity index is 1470. The van der Waals surface area contributed by atoms with Gasteiger partial charge in [-0.15, -0.1) is 0 Å². The minimum Gasteiger partial charge on any atom is -0.482 e. The van der Waals surface area contributed by atoms with E-state index in [1.54, 1.807) is 36.4 Å². The molecule has 0 aliphatic heterocycles. The number of hydrogen-bond donors (Lipinski definition) is 0. The van der Waals surface area contributed by atoms with E-state index in [1.165, 1.54) is 35.2 Å². The van der Waals surface area contributed by atoms with Crippen LogP contribution in [-0.4, -0.2) is 20.8 Å². The highest BCUT2D eigenvalue weighted by Crippen LogP contribution is 2.28. The molecule has 3 aromatic carbocycles. The van der Waals surface area contributed by atoms with E-state index in [0.717, 1.165) is 4.47 Å². The Balaban J connectivity index is 1.64. The van der Waals surface area contributed by atoms with Crippen molar-refractivity contribution < 1.29 is 14.1 Å². The number of ether oxygens (including phenoxy) is 1. The number of nitro groups is 1. The molecule has 4 rings (SSSR count). The van der Waals surface area contributed by atoms with Gasteiger partial charge in [0.1, 0.15) is 18.2 Å². The molecular formula is C24H18BrFN4O4. The van der Waals surface area contributed by atoms with Crippen molar-refractivity contribution >= 4 is 38.7 Å². The Labute approximate surface area is 201 Å². The lowest BCUT2D eigenvalue weighted by Gasteiger charge is -2.09. The van der Waals surface area contributed by atoms with E-state index in [1.807, 2.05) is 6.92 Å². The molecule has 0 atom stereocenters. The second-order valence-corrected chi connectivity index (χ2v) is 8.22.